The fourth-order valence-corrected chi connectivity index (χ4v) is 6.29. The van der Waals surface area contributed by atoms with Crippen LogP contribution < -0.4 is 4.90 Å². The molecular weight excluding hydrogens is 567 g/mol. The molecule has 0 N–H and O–H groups in total. The standard InChI is InChI=1S/C46H31N/c1-2-12-32(13-3-1)33-22-24-34(25-23-33)35-26-28-38(29-27-35)47(45-30-36-14-4-6-16-39(36)41-18-8-10-20-43(41)45)46-31-37-15-5-7-17-40(37)42-19-9-11-21-44(42)46/h1-31H/i1D,2D,3D,12D,13D,22D,23D,24D,25D,26D,27D,28D,29D. The van der Waals surface area contributed by atoms with Crippen molar-refractivity contribution in [3.8, 4) is 22.3 Å². The quantitative estimate of drug-likeness (QED) is 0.175. The van der Waals surface area contributed by atoms with Gasteiger partial charge < -0.3 is 4.90 Å². The highest BCUT2D eigenvalue weighted by Crippen LogP contribution is 2.46. The van der Waals surface area contributed by atoms with E-state index in [1.54, 1.807) is 4.90 Å². The first-order chi connectivity index (χ1) is 28.7. The molecule has 1 nitrogen and oxygen atoms in total. The van der Waals surface area contributed by atoms with Gasteiger partial charge in [0.05, 0.1) is 29.2 Å². The monoisotopic (exact) mass is 610 g/mol. The molecule has 0 aliphatic carbocycles. The average Bonchev–Trinajstić information content (AvgIpc) is 3.27. The normalized spacial score (nSPS) is 15.3. The van der Waals surface area contributed by atoms with Crippen LogP contribution in [0.2, 0.25) is 0 Å². The van der Waals surface area contributed by atoms with Crippen molar-refractivity contribution in [3.63, 3.8) is 0 Å². The molecule has 0 radical (unpaired) electrons. The van der Waals surface area contributed by atoms with Crippen LogP contribution in [0.3, 0.4) is 0 Å². The first kappa shape index (κ1) is 16.9. The highest BCUT2D eigenvalue weighted by molar-refractivity contribution is 6.18. The topological polar surface area (TPSA) is 3.24 Å². The Morgan fingerprint density at radius 2 is 0.702 bits per heavy atom. The molecule has 0 unspecified atom stereocenters. The molecule has 220 valence electrons. The summed E-state index contributed by atoms with van der Waals surface area (Å²) < 4.78 is 116. The van der Waals surface area contributed by atoms with E-state index in [0.717, 1.165) is 43.1 Å². The van der Waals surface area contributed by atoms with E-state index in [1.165, 1.54) is 0 Å². The van der Waals surface area contributed by atoms with E-state index in [0.29, 0.717) is 11.4 Å². The van der Waals surface area contributed by atoms with Crippen LogP contribution in [0.5, 0.6) is 0 Å². The molecule has 0 saturated carbocycles. The van der Waals surface area contributed by atoms with Crippen molar-refractivity contribution in [2.24, 2.45) is 0 Å². The van der Waals surface area contributed by atoms with Gasteiger partial charge in [0.2, 0.25) is 0 Å². The van der Waals surface area contributed by atoms with E-state index in [1.807, 2.05) is 109 Å². The second-order valence-electron chi connectivity index (χ2n) is 11.1. The van der Waals surface area contributed by atoms with Gasteiger partial charge in [-0.15, -0.1) is 0 Å². The Morgan fingerprint density at radius 1 is 0.340 bits per heavy atom. The summed E-state index contributed by atoms with van der Waals surface area (Å²) in [6.07, 6.45) is 0. The predicted octanol–water partition coefficient (Wildman–Crippen LogP) is 13.1. The molecule has 0 aromatic heterocycles. The number of benzene rings is 9. The van der Waals surface area contributed by atoms with Crippen molar-refractivity contribution >= 4 is 60.2 Å². The van der Waals surface area contributed by atoms with Crippen molar-refractivity contribution in [3.05, 3.63) is 188 Å². The lowest BCUT2D eigenvalue weighted by atomic mass is 9.96. The van der Waals surface area contributed by atoms with Crippen molar-refractivity contribution in [2.45, 2.75) is 0 Å². The molecule has 0 bridgehead atoms. The van der Waals surface area contributed by atoms with Gasteiger partial charge in [-0.25, -0.2) is 0 Å². The second-order valence-corrected chi connectivity index (χ2v) is 11.1. The Bertz CT molecular complexity index is 3120. The van der Waals surface area contributed by atoms with Gasteiger partial charge in [-0.1, -0.05) is 164 Å². The first-order valence-electron chi connectivity index (χ1n) is 21.6. The van der Waals surface area contributed by atoms with Crippen LogP contribution >= 0.6 is 0 Å². The molecule has 0 fully saturated rings. The average molecular weight is 611 g/mol. The van der Waals surface area contributed by atoms with Gasteiger partial charge in [0.15, 0.2) is 0 Å². The Morgan fingerprint density at radius 3 is 1.17 bits per heavy atom. The minimum atomic E-state index is -0.766. The zero-order valence-corrected chi connectivity index (χ0v) is 24.8. The molecule has 0 atom stereocenters. The molecule has 1 heteroatoms. The van der Waals surface area contributed by atoms with Gasteiger partial charge >= 0.3 is 0 Å². The summed E-state index contributed by atoms with van der Waals surface area (Å²) in [5.41, 5.74) is -1.04. The van der Waals surface area contributed by atoms with Crippen LogP contribution in [-0.4, -0.2) is 0 Å². The van der Waals surface area contributed by atoms with Crippen LogP contribution in [0.1, 0.15) is 17.8 Å². The number of rotatable bonds is 5. The molecule has 0 heterocycles. The second kappa shape index (κ2) is 11.3. The largest absolute Gasteiger partial charge is 0.309 e. The molecule has 9 rings (SSSR count). The summed E-state index contributed by atoms with van der Waals surface area (Å²) in [7, 11) is 0. The molecule has 0 aliphatic heterocycles. The Balaban J connectivity index is 1.37. The van der Waals surface area contributed by atoms with Crippen molar-refractivity contribution in [1.82, 2.24) is 0 Å². The third kappa shape index (κ3) is 4.72. The molecule has 0 saturated heterocycles. The zero-order valence-electron chi connectivity index (χ0n) is 37.8. The fourth-order valence-electron chi connectivity index (χ4n) is 6.29. The van der Waals surface area contributed by atoms with Gasteiger partial charge in [-0.3, -0.25) is 0 Å². The minimum absolute atomic E-state index is 0.111. The summed E-state index contributed by atoms with van der Waals surface area (Å²) in [6.45, 7) is 0. The number of nitrogens with zero attached hydrogens (tertiary/aromatic N) is 1. The number of hydrogen-bond acceptors (Lipinski definition) is 1. The van der Waals surface area contributed by atoms with Crippen LogP contribution in [-0.2, 0) is 0 Å². The van der Waals surface area contributed by atoms with Crippen LogP contribution in [0.25, 0.3) is 65.3 Å². The lowest BCUT2D eigenvalue weighted by Crippen LogP contribution is -2.11. The molecule has 0 aliphatic rings. The number of fused-ring (bicyclic) bond motifs is 6. The molecule has 0 spiro atoms. The maximum atomic E-state index is 9.69. The van der Waals surface area contributed by atoms with E-state index in [9.17, 15) is 5.48 Å². The zero-order chi connectivity index (χ0) is 42.5. The first-order valence-corrected chi connectivity index (χ1v) is 15.1. The van der Waals surface area contributed by atoms with Crippen LogP contribution in [0, 0.1) is 0 Å². The van der Waals surface area contributed by atoms with Gasteiger partial charge in [0, 0.05) is 16.5 Å². The van der Waals surface area contributed by atoms with Crippen molar-refractivity contribution < 1.29 is 17.8 Å². The summed E-state index contributed by atoms with van der Waals surface area (Å²) in [4.78, 5) is 1.74. The summed E-state index contributed by atoms with van der Waals surface area (Å²) in [5.74, 6) is 0. The smallest absolute Gasteiger partial charge is 0.0645 e. The highest BCUT2D eigenvalue weighted by atomic mass is 15.1. The SMILES string of the molecule is [2H]c1c([2H])c([2H])c(-c2c([2H])c([2H])c(-c3c([2H])c([2H])c(N(c4cc5ccccc5c5ccccc45)c4cc5ccccc5c5ccccc45)c([2H])c3[2H])c([2H])c2[2H])c([2H])c1[2H]. The minimum Gasteiger partial charge on any atom is -0.309 e. The lowest BCUT2D eigenvalue weighted by molar-refractivity contribution is 1.32. The third-order valence-corrected chi connectivity index (χ3v) is 8.43. The number of hydrogen-bond donors (Lipinski definition) is 0. The van der Waals surface area contributed by atoms with Gasteiger partial charge in [-0.2, -0.15) is 0 Å². The van der Waals surface area contributed by atoms with Gasteiger partial charge in [-0.05, 0) is 78.8 Å². The maximum absolute atomic E-state index is 9.69. The lowest BCUT2D eigenvalue weighted by Gasteiger charge is -2.29. The van der Waals surface area contributed by atoms with Crippen molar-refractivity contribution in [2.75, 3.05) is 4.90 Å². The fraction of sp³-hybridized carbons (Fsp3) is 0. The van der Waals surface area contributed by atoms with Gasteiger partial charge in [0.1, 0.15) is 0 Å². The molecule has 47 heavy (non-hydrogen) atoms. The van der Waals surface area contributed by atoms with E-state index in [4.69, 9.17) is 12.3 Å². The Hall–Kier alpha value is -6.18. The third-order valence-electron chi connectivity index (χ3n) is 8.43. The van der Waals surface area contributed by atoms with Crippen LogP contribution in [0.15, 0.2) is 188 Å². The van der Waals surface area contributed by atoms with Crippen LogP contribution in [0.4, 0.5) is 17.1 Å². The van der Waals surface area contributed by atoms with Crippen molar-refractivity contribution in [1.29, 1.82) is 0 Å². The summed E-state index contributed by atoms with van der Waals surface area (Å²) >= 11 is 0. The Labute approximate surface area is 292 Å². The highest BCUT2D eigenvalue weighted by Gasteiger charge is 2.20. The Kier molecular flexibility index (Phi) is 4.08. The van der Waals surface area contributed by atoms with E-state index < -0.39 is 101 Å². The summed E-state index contributed by atoms with van der Waals surface area (Å²) in [5, 5.41) is 7.04. The maximum Gasteiger partial charge on any atom is 0.0645 e. The van der Waals surface area contributed by atoms with E-state index in [2.05, 4.69) is 0 Å². The van der Waals surface area contributed by atoms with Gasteiger partial charge in [0.25, 0.3) is 0 Å². The molecule has 0 amide bonds. The predicted molar refractivity (Wildman–Crippen MR) is 202 cm³/mol. The van der Waals surface area contributed by atoms with E-state index >= 15 is 0 Å². The molecular formula is C46H31N. The van der Waals surface area contributed by atoms with E-state index in [-0.39, 0.29) is 5.69 Å². The number of anilines is 3. The molecule has 9 aromatic rings. The summed E-state index contributed by atoms with van der Waals surface area (Å²) in [6, 6.07) is 26.3. The molecule has 9 aromatic carbocycles.